The maximum atomic E-state index is 11.1. The van der Waals surface area contributed by atoms with Gasteiger partial charge in [-0.2, -0.15) is 0 Å². The number of cyclic esters (lactones) is 1. The van der Waals surface area contributed by atoms with Crippen LogP contribution in [0.25, 0.3) is 0 Å². The van der Waals surface area contributed by atoms with Crippen LogP contribution in [0.1, 0.15) is 18.1 Å². The van der Waals surface area contributed by atoms with E-state index in [4.69, 9.17) is 4.74 Å². The van der Waals surface area contributed by atoms with Crippen molar-refractivity contribution in [2.24, 2.45) is 0 Å². The summed E-state index contributed by atoms with van der Waals surface area (Å²) in [6.07, 6.45) is -0.256. The molecule has 0 saturated carbocycles. The molecule has 0 bridgehead atoms. The Morgan fingerprint density at radius 2 is 2.12 bits per heavy atom. The van der Waals surface area contributed by atoms with Gasteiger partial charge < -0.3 is 14.7 Å². The van der Waals surface area contributed by atoms with Crippen LogP contribution in [0.15, 0.2) is 30.3 Å². The van der Waals surface area contributed by atoms with Gasteiger partial charge in [0.05, 0.1) is 12.6 Å². The lowest BCUT2D eigenvalue weighted by Crippen LogP contribution is -2.26. The van der Waals surface area contributed by atoms with Gasteiger partial charge in [-0.05, 0) is 12.0 Å². The van der Waals surface area contributed by atoms with Gasteiger partial charge in [0.25, 0.3) is 0 Å². The lowest BCUT2D eigenvalue weighted by atomic mass is 10.1. The van der Waals surface area contributed by atoms with Gasteiger partial charge in [0.15, 0.2) is 0 Å². The molecule has 0 aromatic heterocycles. The monoisotopic (exact) mass is 221 g/mol. The summed E-state index contributed by atoms with van der Waals surface area (Å²) < 4.78 is 4.81. The van der Waals surface area contributed by atoms with Crippen molar-refractivity contribution in [2.75, 3.05) is 19.7 Å². The van der Waals surface area contributed by atoms with Crippen LogP contribution in [0, 0.1) is 0 Å². The second kappa shape index (κ2) is 4.99. The van der Waals surface area contributed by atoms with Gasteiger partial charge in [0.2, 0.25) is 0 Å². The first-order valence-electron chi connectivity index (χ1n) is 5.42. The summed E-state index contributed by atoms with van der Waals surface area (Å²) in [6.45, 7) is 1.62. The Balaban J connectivity index is 1.84. The average Bonchev–Trinajstić information content (AvgIpc) is 2.73. The molecule has 4 heteroatoms. The Hall–Kier alpha value is -1.55. The molecule has 1 fully saturated rings. The Morgan fingerprint density at radius 3 is 2.75 bits per heavy atom. The van der Waals surface area contributed by atoms with Crippen LogP contribution in [0.3, 0.4) is 0 Å². The molecular formula is C12H15NO3. The molecule has 1 aromatic rings. The Labute approximate surface area is 94.4 Å². The van der Waals surface area contributed by atoms with E-state index in [1.807, 2.05) is 30.3 Å². The van der Waals surface area contributed by atoms with Crippen molar-refractivity contribution >= 4 is 6.09 Å². The van der Waals surface area contributed by atoms with Crippen molar-refractivity contribution in [3.8, 4) is 0 Å². The largest absolute Gasteiger partial charge is 0.448 e. The second-order valence-electron chi connectivity index (χ2n) is 3.82. The highest BCUT2D eigenvalue weighted by Gasteiger charge is 2.22. The SMILES string of the molecule is O=C1OCCN1CCC(O)c1ccccc1. The van der Waals surface area contributed by atoms with Crippen LogP contribution < -0.4 is 0 Å². The third-order valence-corrected chi connectivity index (χ3v) is 2.70. The highest BCUT2D eigenvalue weighted by atomic mass is 16.6. The number of nitrogens with zero attached hydrogens (tertiary/aromatic N) is 1. The van der Waals surface area contributed by atoms with Crippen molar-refractivity contribution in [2.45, 2.75) is 12.5 Å². The number of aliphatic hydroxyl groups is 1. The second-order valence-corrected chi connectivity index (χ2v) is 3.82. The van der Waals surface area contributed by atoms with Crippen LogP contribution in [0.4, 0.5) is 4.79 Å². The fourth-order valence-electron chi connectivity index (χ4n) is 1.75. The first-order valence-corrected chi connectivity index (χ1v) is 5.42. The molecule has 1 unspecified atom stereocenters. The maximum absolute atomic E-state index is 11.1. The van der Waals surface area contributed by atoms with E-state index < -0.39 is 6.10 Å². The number of ether oxygens (including phenoxy) is 1. The third-order valence-electron chi connectivity index (χ3n) is 2.70. The summed E-state index contributed by atoms with van der Waals surface area (Å²) in [7, 11) is 0. The van der Waals surface area contributed by atoms with Crippen LogP contribution in [-0.2, 0) is 4.74 Å². The van der Waals surface area contributed by atoms with E-state index in [1.165, 1.54) is 0 Å². The molecule has 2 rings (SSSR count). The molecule has 4 nitrogen and oxygen atoms in total. The quantitative estimate of drug-likeness (QED) is 0.839. The van der Waals surface area contributed by atoms with Crippen LogP contribution in [-0.4, -0.2) is 35.8 Å². The molecule has 16 heavy (non-hydrogen) atoms. The van der Waals surface area contributed by atoms with Gasteiger partial charge in [-0.25, -0.2) is 4.79 Å². The van der Waals surface area contributed by atoms with Crippen molar-refractivity contribution in [3.63, 3.8) is 0 Å². The zero-order chi connectivity index (χ0) is 11.4. The number of hydrogen-bond acceptors (Lipinski definition) is 3. The number of rotatable bonds is 4. The number of carbonyl (C=O) groups excluding carboxylic acids is 1. The summed E-state index contributed by atoms with van der Waals surface area (Å²) in [5.41, 5.74) is 0.884. The molecule has 0 radical (unpaired) electrons. The Bertz CT molecular complexity index is 353. The van der Waals surface area contributed by atoms with E-state index in [2.05, 4.69) is 0 Å². The van der Waals surface area contributed by atoms with E-state index >= 15 is 0 Å². The lowest BCUT2D eigenvalue weighted by molar-refractivity contribution is 0.138. The molecule has 1 N–H and O–H groups in total. The molecule has 1 aromatic carbocycles. The fraction of sp³-hybridized carbons (Fsp3) is 0.417. The summed E-state index contributed by atoms with van der Waals surface area (Å²) in [4.78, 5) is 12.8. The molecule has 1 atom stereocenters. The maximum Gasteiger partial charge on any atom is 0.409 e. The van der Waals surface area contributed by atoms with E-state index in [1.54, 1.807) is 4.90 Å². The smallest absolute Gasteiger partial charge is 0.409 e. The van der Waals surface area contributed by atoms with Crippen LogP contribution >= 0.6 is 0 Å². The van der Waals surface area contributed by atoms with Gasteiger partial charge >= 0.3 is 6.09 Å². The lowest BCUT2D eigenvalue weighted by Gasteiger charge is -2.15. The van der Waals surface area contributed by atoms with Gasteiger partial charge in [-0.3, -0.25) is 0 Å². The van der Waals surface area contributed by atoms with Crippen molar-refractivity contribution in [3.05, 3.63) is 35.9 Å². The third kappa shape index (κ3) is 2.52. The first-order chi connectivity index (χ1) is 7.77. The number of hydrogen-bond donors (Lipinski definition) is 1. The molecule has 0 aliphatic carbocycles. The minimum absolute atomic E-state index is 0.278. The molecule has 1 heterocycles. The molecule has 86 valence electrons. The highest BCUT2D eigenvalue weighted by molar-refractivity contribution is 5.69. The average molecular weight is 221 g/mol. The number of benzene rings is 1. The van der Waals surface area contributed by atoms with Gasteiger partial charge in [0.1, 0.15) is 6.61 Å². The number of amides is 1. The van der Waals surface area contributed by atoms with Crippen LogP contribution in [0.2, 0.25) is 0 Å². The fourth-order valence-corrected chi connectivity index (χ4v) is 1.75. The zero-order valence-corrected chi connectivity index (χ0v) is 9.00. The summed E-state index contributed by atoms with van der Waals surface area (Å²) in [5.74, 6) is 0. The topological polar surface area (TPSA) is 49.8 Å². The standard InChI is InChI=1S/C12H15NO3/c14-11(10-4-2-1-3-5-10)6-7-13-8-9-16-12(13)15/h1-5,11,14H,6-9H2. The van der Waals surface area contributed by atoms with E-state index in [9.17, 15) is 9.90 Å². The number of carbonyl (C=O) groups is 1. The van der Waals surface area contributed by atoms with Gasteiger partial charge in [-0.1, -0.05) is 30.3 Å². The normalized spacial score (nSPS) is 17.3. The molecule has 1 aliphatic rings. The minimum atomic E-state index is -0.519. The summed E-state index contributed by atoms with van der Waals surface area (Å²) in [5, 5.41) is 9.89. The predicted molar refractivity (Wildman–Crippen MR) is 58.9 cm³/mol. The summed E-state index contributed by atoms with van der Waals surface area (Å²) in [6, 6.07) is 9.46. The Kier molecular flexibility index (Phi) is 3.41. The predicted octanol–water partition coefficient (Wildman–Crippen LogP) is 1.56. The highest BCUT2D eigenvalue weighted by Crippen LogP contribution is 2.17. The van der Waals surface area contributed by atoms with E-state index in [-0.39, 0.29) is 6.09 Å². The molecule has 1 aliphatic heterocycles. The van der Waals surface area contributed by atoms with Crippen molar-refractivity contribution < 1.29 is 14.6 Å². The molecule has 1 saturated heterocycles. The van der Waals surface area contributed by atoms with E-state index in [0.29, 0.717) is 26.1 Å². The number of aliphatic hydroxyl groups excluding tert-OH is 1. The van der Waals surface area contributed by atoms with E-state index in [0.717, 1.165) is 5.56 Å². The van der Waals surface area contributed by atoms with Gasteiger partial charge in [0, 0.05) is 6.54 Å². The molecule has 0 spiro atoms. The zero-order valence-electron chi connectivity index (χ0n) is 9.00. The molecule has 1 amide bonds. The van der Waals surface area contributed by atoms with Gasteiger partial charge in [-0.15, -0.1) is 0 Å². The van der Waals surface area contributed by atoms with Crippen LogP contribution in [0.5, 0.6) is 0 Å². The Morgan fingerprint density at radius 1 is 1.38 bits per heavy atom. The van der Waals surface area contributed by atoms with Crippen molar-refractivity contribution in [1.82, 2.24) is 4.90 Å². The van der Waals surface area contributed by atoms with Crippen molar-refractivity contribution in [1.29, 1.82) is 0 Å². The first kappa shape index (κ1) is 11.0. The summed E-state index contributed by atoms with van der Waals surface area (Å²) >= 11 is 0. The molecular weight excluding hydrogens is 206 g/mol. The minimum Gasteiger partial charge on any atom is -0.448 e.